The van der Waals surface area contributed by atoms with Crippen molar-refractivity contribution in [2.75, 3.05) is 12.3 Å². The van der Waals surface area contributed by atoms with Crippen molar-refractivity contribution >= 4 is 11.6 Å². The molecule has 0 saturated heterocycles. The molecule has 1 aromatic heterocycles. The Balaban J connectivity index is 2.03. The number of aromatic nitrogens is 2. The van der Waals surface area contributed by atoms with Crippen LogP contribution in [0.1, 0.15) is 48.8 Å². The fraction of sp³-hybridized carbons (Fsp3) is 0.692. The molecule has 1 aliphatic rings. The summed E-state index contributed by atoms with van der Waals surface area (Å²) in [7, 11) is 0. The second-order valence-electron chi connectivity index (χ2n) is 5.17. The third kappa shape index (κ3) is 2.89. The molecule has 1 fully saturated rings. The Morgan fingerprint density at radius 3 is 3.05 bits per heavy atom. The summed E-state index contributed by atoms with van der Waals surface area (Å²) in [5.41, 5.74) is 7.46. The average molecular weight is 266 g/mol. The number of aryl methyl sites for hydroxylation is 1. The number of hydrogen-bond acceptors (Lipinski definition) is 4. The van der Waals surface area contributed by atoms with Crippen molar-refractivity contribution in [1.29, 1.82) is 0 Å². The highest BCUT2D eigenvalue weighted by Gasteiger charge is 2.29. The Bertz CT molecular complexity index is 444. The van der Waals surface area contributed by atoms with Gasteiger partial charge in [-0.25, -0.2) is 0 Å². The first-order valence-electron chi connectivity index (χ1n) is 6.91. The zero-order valence-electron chi connectivity index (χ0n) is 11.3. The Kier molecular flexibility index (Phi) is 4.42. The maximum absolute atomic E-state index is 12.1. The van der Waals surface area contributed by atoms with E-state index >= 15 is 0 Å². The lowest BCUT2D eigenvalue weighted by Gasteiger charge is -2.18. The van der Waals surface area contributed by atoms with E-state index < -0.39 is 0 Å². The van der Waals surface area contributed by atoms with Gasteiger partial charge in [0.2, 0.25) is 0 Å². The van der Waals surface area contributed by atoms with E-state index in [0.717, 1.165) is 37.8 Å². The molecule has 1 aromatic rings. The van der Waals surface area contributed by atoms with Crippen molar-refractivity contribution in [1.82, 2.24) is 15.5 Å². The summed E-state index contributed by atoms with van der Waals surface area (Å²) in [6, 6.07) is 0.0308. The van der Waals surface area contributed by atoms with Gasteiger partial charge in [-0.3, -0.25) is 9.89 Å². The van der Waals surface area contributed by atoms with Crippen LogP contribution in [0.25, 0.3) is 0 Å². The summed E-state index contributed by atoms with van der Waals surface area (Å²) in [5, 5.41) is 19.0. The second-order valence-corrected chi connectivity index (χ2v) is 5.17. The largest absolute Gasteiger partial charge is 0.396 e. The molecule has 0 aliphatic heterocycles. The van der Waals surface area contributed by atoms with Crippen molar-refractivity contribution in [2.45, 2.75) is 45.1 Å². The minimum atomic E-state index is -0.249. The van der Waals surface area contributed by atoms with E-state index in [0.29, 0.717) is 5.69 Å². The molecule has 0 bridgehead atoms. The van der Waals surface area contributed by atoms with E-state index in [9.17, 15) is 9.90 Å². The molecule has 2 atom stereocenters. The molecule has 5 N–H and O–H groups in total. The third-order valence-electron chi connectivity index (χ3n) is 3.81. The van der Waals surface area contributed by atoms with Crippen LogP contribution in [-0.2, 0) is 6.42 Å². The number of nitrogens with zero attached hydrogens (tertiary/aromatic N) is 1. The number of hydrogen-bond donors (Lipinski definition) is 4. The van der Waals surface area contributed by atoms with E-state index in [1.54, 1.807) is 0 Å². The third-order valence-corrected chi connectivity index (χ3v) is 3.81. The topological polar surface area (TPSA) is 104 Å². The summed E-state index contributed by atoms with van der Waals surface area (Å²) in [4.78, 5) is 12.1. The molecular formula is C13H22N4O2. The molecule has 0 aromatic carbocycles. The second kappa shape index (κ2) is 6.06. The van der Waals surface area contributed by atoms with Crippen molar-refractivity contribution < 1.29 is 9.90 Å². The summed E-state index contributed by atoms with van der Waals surface area (Å²) in [5.74, 6) is -0.0966. The molecule has 6 nitrogen and oxygen atoms in total. The molecule has 1 amide bonds. The predicted octanol–water partition coefficient (Wildman–Crippen LogP) is 0.835. The maximum Gasteiger partial charge on any atom is 0.274 e. The number of nitrogens with two attached hydrogens (primary N) is 1. The van der Waals surface area contributed by atoms with Crippen LogP contribution in [-0.4, -0.2) is 33.9 Å². The summed E-state index contributed by atoms with van der Waals surface area (Å²) in [6.45, 7) is 2.16. The Morgan fingerprint density at radius 1 is 1.58 bits per heavy atom. The molecule has 0 radical (unpaired) electrons. The molecule has 1 heterocycles. The van der Waals surface area contributed by atoms with Crippen LogP contribution in [0.4, 0.5) is 5.69 Å². The lowest BCUT2D eigenvalue weighted by atomic mass is 10.0. The highest BCUT2D eigenvalue weighted by Crippen LogP contribution is 2.25. The summed E-state index contributed by atoms with van der Waals surface area (Å²) < 4.78 is 0. The number of carbonyl (C=O) groups is 1. The first-order valence-corrected chi connectivity index (χ1v) is 6.91. The number of aliphatic hydroxyl groups is 1. The minimum Gasteiger partial charge on any atom is -0.396 e. The van der Waals surface area contributed by atoms with Crippen molar-refractivity contribution in [2.24, 2.45) is 5.92 Å². The van der Waals surface area contributed by atoms with E-state index in [2.05, 4.69) is 15.5 Å². The zero-order chi connectivity index (χ0) is 13.8. The predicted molar refractivity (Wildman–Crippen MR) is 72.7 cm³/mol. The van der Waals surface area contributed by atoms with E-state index in [4.69, 9.17) is 5.73 Å². The van der Waals surface area contributed by atoms with E-state index in [1.807, 2.05) is 6.92 Å². The number of anilines is 1. The van der Waals surface area contributed by atoms with Gasteiger partial charge in [-0.1, -0.05) is 19.8 Å². The smallest absolute Gasteiger partial charge is 0.274 e. The van der Waals surface area contributed by atoms with Gasteiger partial charge in [0.25, 0.3) is 5.91 Å². The number of aromatic amines is 1. The van der Waals surface area contributed by atoms with Gasteiger partial charge in [0.1, 0.15) is 0 Å². The van der Waals surface area contributed by atoms with Gasteiger partial charge in [-0.15, -0.1) is 0 Å². The van der Waals surface area contributed by atoms with Crippen LogP contribution < -0.4 is 11.1 Å². The van der Waals surface area contributed by atoms with Crippen molar-refractivity contribution in [3.8, 4) is 0 Å². The molecule has 1 aliphatic carbocycles. The first-order chi connectivity index (χ1) is 9.17. The van der Waals surface area contributed by atoms with Gasteiger partial charge in [-0.05, 0) is 19.3 Å². The normalized spacial score (nSPS) is 22.6. The van der Waals surface area contributed by atoms with Crippen LogP contribution in [0.3, 0.4) is 0 Å². The fourth-order valence-corrected chi connectivity index (χ4v) is 2.68. The van der Waals surface area contributed by atoms with Crippen LogP contribution >= 0.6 is 0 Å². The lowest BCUT2D eigenvalue weighted by Crippen LogP contribution is -2.39. The number of rotatable bonds is 5. The van der Waals surface area contributed by atoms with E-state index in [-0.39, 0.29) is 30.2 Å². The van der Waals surface area contributed by atoms with Gasteiger partial charge in [-0.2, -0.15) is 5.10 Å². The van der Waals surface area contributed by atoms with Crippen molar-refractivity contribution in [3.05, 3.63) is 11.4 Å². The highest BCUT2D eigenvalue weighted by molar-refractivity contribution is 5.97. The lowest BCUT2D eigenvalue weighted by molar-refractivity contribution is 0.0912. The van der Waals surface area contributed by atoms with Crippen LogP contribution in [0.2, 0.25) is 0 Å². The molecule has 2 unspecified atom stereocenters. The summed E-state index contributed by atoms with van der Waals surface area (Å²) >= 11 is 0. The Labute approximate surface area is 112 Å². The zero-order valence-corrected chi connectivity index (χ0v) is 11.3. The Morgan fingerprint density at radius 2 is 2.37 bits per heavy atom. The van der Waals surface area contributed by atoms with Crippen LogP contribution in [0.15, 0.2) is 0 Å². The van der Waals surface area contributed by atoms with Gasteiger partial charge in [0.05, 0.1) is 11.4 Å². The monoisotopic (exact) mass is 266 g/mol. The number of amides is 1. The van der Waals surface area contributed by atoms with Gasteiger partial charge < -0.3 is 16.2 Å². The number of H-pyrrole nitrogens is 1. The van der Waals surface area contributed by atoms with E-state index in [1.165, 1.54) is 0 Å². The van der Waals surface area contributed by atoms with Crippen LogP contribution in [0.5, 0.6) is 0 Å². The number of nitrogens with one attached hydrogen (secondary N) is 2. The Hall–Kier alpha value is -1.56. The maximum atomic E-state index is 12.1. The van der Waals surface area contributed by atoms with Crippen molar-refractivity contribution in [3.63, 3.8) is 0 Å². The van der Waals surface area contributed by atoms with Gasteiger partial charge in [0.15, 0.2) is 5.69 Å². The minimum absolute atomic E-state index is 0.0308. The highest BCUT2D eigenvalue weighted by atomic mass is 16.3. The average Bonchev–Trinajstić information content (AvgIpc) is 2.98. The standard InChI is InChI=1S/C13H22N4O2/c1-2-4-10-11(14)12(17-16-10)13(19)15-9-6-3-5-8(9)7-18/h8-9,18H,2-7,14H2,1H3,(H,15,19)(H,16,17). The molecular weight excluding hydrogens is 244 g/mol. The van der Waals surface area contributed by atoms with Gasteiger partial charge >= 0.3 is 0 Å². The molecule has 0 spiro atoms. The molecule has 19 heavy (non-hydrogen) atoms. The van der Waals surface area contributed by atoms with Gasteiger partial charge in [0, 0.05) is 18.6 Å². The number of aliphatic hydroxyl groups excluding tert-OH is 1. The number of carbonyl (C=O) groups excluding carboxylic acids is 1. The summed E-state index contributed by atoms with van der Waals surface area (Å²) in [6.07, 6.45) is 4.63. The first kappa shape index (κ1) is 13.9. The molecule has 6 heteroatoms. The molecule has 2 rings (SSSR count). The number of nitrogen functional groups attached to an aromatic ring is 1. The SMILES string of the molecule is CCCc1[nH]nc(C(=O)NC2CCCC2CO)c1N. The van der Waals surface area contributed by atoms with Crippen LogP contribution in [0, 0.1) is 5.92 Å². The molecule has 1 saturated carbocycles. The fourth-order valence-electron chi connectivity index (χ4n) is 2.68. The molecule has 106 valence electrons. The quantitative estimate of drug-likeness (QED) is 0.633.